The Morgan fingerprint density at radius 1 is 1.26 bits per heavy atom. The zero-order valence-corrected chi connectivity index (χ0v) is 17.7. The molecule has 3 N–H and O–H groups in total. The van der Waals surface area contributed by atoms with Gasteiger partial charge in [-0.1, -0.05) is 36.4 Å². The summed E-state index contributed by atoms with van der Waals surface area (Å²) in [4.78, 5) is 20.6. The largest absolute Gasteiger partial charge is 0.353 e. The van der Waals surface area contributed by atoms with Crippen LogP contribution in [0.25, 0.3) is 6.08 Å². The number of nitrogens with one attached hydrogen (secondary N) is 3. The van der Waals surface area contributed by atoms with Crippen molar-refractivity contribution < 1.29 is 4.79 Å². The summed E-state index contributed by atoms with van der Waals surface area (Å²) in [7, 11) is 1.65. The molecule has 1 amide bonds. The Morgan fingerprint density at radius 3 is 2.68 bits per heavy atom. The Balaban J connectivity index is 1.65. The normalized spacial score (nSPS) is 21.3. The highest BCUT2D eigenvalue weighted by Crippen LogP contribution is 2.39. The molecule has 160 valence electrons. The van der Waals surface area contributed by atoms with Crippen LogP contribution in [0.1, 0.15) is 36.8 Å². The summed E-state index contributed by atoms with van der Waals surface area (Å²) >= 11 is 0. The summed E-state index contributed by atoms with van der Waals surface area (Å²) < 4.78 is 0. The average Bonchev–Trinajstić information content (AvgIpc) is 2.83. The zero-order chi connectivity index (χ0) is 21.9. The van der Waals surface area contributed by atoms with Gasteiger partial charge in [-0.3, -0.25) is 20.1 Å². The minimum atomic E-state index is -0.122. The molecule has 1 fully saturated rings. The lowest BCUT2D eigenvalue weighted by atomic mass is 9.68. The molecule has 1 aliphatic carbocycles. The van der Waals surface area contributed by atoms with Crippen molar-refractivity contribution >= 4 is 17.9 Å². The van der Waals surface area contributed by atoms with Crippen molar-refractivity contribution in [3.63, 3.8) is 0 Å². The Bertz CT molecular complexity index is 941. The lowest BCUT2D eigenvalue weighted by Gasteiger charge is -2.41. The molecule has 3 rings (SSSR count). The Labute approximate surface area is 183 Å². The van der Waals surface area contributed by atoms with Crippen LogP contribution in [0.2, 0.25) is 0 Å². The van der Waals surface area contributed by atoms with Gasteiger partial charge in [-0.05, 0) is 49.0 Å². The van der Waals surface area contributed by atoms with E-state index in [1.807, 2.05) is 36.5 Å². The molecule has 1 aromatic heterocycles. The topological polar surface area (TPSA) is 102 Å². The highest BCUT2D eigenvalue weighted by Gasteiger charge is 2.37. The fourth-order valence-electron chi connectivity index (χ4n) is 4.04. The molecule has 0 saturated heterocycles. The molecule has 0 unspecified atom stereocenters. The van der Waals surface area contributed by atoms with Crippen molar-refractivity contribution in [2.75, 3.05) is 13.6 Å². The summed E-state index contributed by atoms with van der Waals surface area (Å²) in [5.41, 5.74) is 2.01. The van der Waals surface area contributed by atoms with Gasteiger partial charge in [0.15, 0.2) is 6.19 Å². The van der Waals surface area contributed by atoms with Gasteiger partial charge in [0, 0.05) is 43.5 Å². The molecule has 1 saturated carbocycles. The van der Waals surface area contributed by atoms with E-state index in [0.717, 1.165) is 31.2 Å². The van der Waals surface area contributed by atoms with Gasteiger partial charge in [0.25, 0.3) is 0 Å². The molecule has 0 aliphatic heterocycles. The number of nitriles is 1. The molecule has 31 heavy (non-hydrogen) atoms. The van der Waals surface area contributed by atoms with Gasteiger partial charge in [0.2, 0.25) is 11.9 Å². The third kappa shape index (κ3) is 6.16. The number of benzene rings is 1. The van der Waals surface area contributed by atoms with E-state index < -0.39 is 0 Å². The fraction of sp³-hybridized carbons (Fsp3) is 0.333. The van der Waals surface area contributed by atoms with E-state index in [0.29, 0.717) is 12.5 Å². The number of rotatable bonds is 6. The maximum Gasteiger partial charge on any atom is 0.244 e. The van der Waals surface area contributed by atoms with Gasteiger partial charge in [0.05, 0.1) is 0 Å². The van der Waals surface area contributed by atoms with E-state index in [9.17, 15) is 4.79 Å². The summed E-state index contributed by atoms with van der Waals surface area (Å²) in [6.07, 6.45) is 12.3. The monoisotopic (exact) mass is 416 g/mol. The van der Waals surface area contributed by atoms with Gasteiger partial charge in [-0.2, -0.15) is 5.26 Å². The van der Waals surface area contributed by atoms with Crippen molar-refractivity contribution in [3.8, 4) is 6.19 Å². The van der Waals surface area contributed by atoms with Crippen molar-refractivity contribution in [2.45, 2.75) is 37.1 Å². The van der Waals surface area contributed by atoms with Gasteiger partial charge in [-0.15, -0.1) is 0 Å². The number of carbonyl (C=O) groups is 1. The van der Waals surface area contributed by atoms with Crippen molar-refractivity contribution in [2.24, 2.45) is 4.99 Å². The van der Waals surface area contributed by atoms with Crippen LogP contribution in [-0.4, -0.2) is 36.5 Å². The average molecular weight is 417 g/mol. The van der Waals surface area contributed by atoms with E-state index >= 15 is 0 Å². The molecule has 1 aromatic carbocycles. The standard InChI is InChI=1S/C24H28N6O/c1-26-23(29-18-25)30-21-11-13-24(14-12-21,20-7-3-2-4-8-20)17-28-22(31)10-9-19-6-5-15-27-16-19/h2-10,15-16,21H,11-14,17H2,1H3,(H,28,31)(H2,26,29,30). The number of hydrogen-bond acceptors (Lipinski definition) is 4. The van der Waals surface area contributed by atoms with E-state index in [4.69, 9.17) is 5.26 Å². The van der Waals surface area contributed by atoms with E-state index in [1.165, 1.54) is 5.56 Å². The molecule has 0 atom stereocenters. The molecule has 7 nitrogen and oxygen atoms in total. The Morgan fingerprint density at radius 2 is 2.03 bits per heavy atom. The summed E-state index contributed by atoms with van der Waals surface area (Å²) in [6, 6.07) is 14.4. The first-order valence-electron chi connectivity index (χ1n) is 10.4. The lowest BCUT2D eigenvalue weighted by molar-refractivity contribution is -0.116. The molecule has 1 heterocycles. The maximum absolute atomic E-state index is 12.5. The number of guanidine groups is 1. The first kappa shape index (κ1) is 22.0. The zero-order valence-electron chi connectivity index (χ0n) is 17.7. The highest BCUT2D eigenvalue weighted by molar-refractivity contribution is 5.91. The maximum atomic E-state index is 12.5. The summed E-state index contributed by atoms with van der Waals surface area (Å²) in [6.45, 7) is 0.575. The quantitative estimate of drug-likeness (QED) is 0.221. The van der Waals surface area contributed by atoms with Crippen LogP contribution in [0.5, 0.6) is 0 Å². The molecular weight excluding hydrogens is 388 g/mol. The number of aromatic nitrogens is 1. The van der Waals surface area contributed by atoms with Crippen LogP contribution in [0, 0.1) is 11.5 Å². The molecular formula is C24H28N6O. The number of carbonyl (C=O) groups excluding carboxylic acids is 1. The molecule has 1 aliphatic rings. The molecule has 0 bridgehead atoms. The van der Waals surface area contributed by atoms with Crippen LogP contribution in [0.15, 0.2) is 65.9 Å². The Hall–Kier alpha value is -3.66. The fourth-order valence-corrected chi connectivity index (χ4v) is 4.04. The number of hydrogen-bond donors (Lipinski definition) is 3. The van der Waals surface area contributed by atoms with Crippen molar-refractivity contribution in [1.82, 2.24) is 20.9 Å². The highest BCUT2D eigenvalue weighted by atomic mass is 16.1. The minimum absolute atomic E-state index is 0.113. The van der Waals surface area contributed by atoms with Crippen molar-refractivity contribution in [1.29, 1.82) is 5.26 Å². The van der Waals surface area contributed by atoms with E-state index in [2.05, 4.69) is 38.1 Å². The Kier molecular flexibility index (Phi) is 7.77. The first-order valence-corrected chi connectivity index (χ1v) is 10.4. The minimum Gasteiger partial charge on any atom is -0.353 e. The van der Waals surface area contributed by atoms with E-state index in [-0.39, 0.29) is 17.4 Å². The SMILES string of the molecule is CN=C(NC#N)NC1CCC(CNC(=O)C=Cc2cccnc2)(c2ccccc2)CC1. The third-order valence-corrected chi connectivity index (χ3v) is 5.78. The second-order valence-electron chi connectivity index (χ2n) is 7.71. The lowest BCUT2D eigenvalue weighted by Crippen LogP contribution is -2.49. The molecule has 0 radical (unpaired) electrons. The van der Waals surface area contributed by atoms with Gasteiger partial charge < -0.3 is 10.6 Å². The van der Waals surface area contributed by atoms with Crippen molar-refractivity contribution in [3.05, 3.63) is 72.1 Å². The number of amides is 1. The summed E-state index contributed by atoms with van der Waals surface area (Å²) in [5, 5.41) is 17.8. The first-order chi connectivity index (χ1) is 15.1. The summed E-state index contributed by atoms with van der Waals surface area (Å²) in [5.74, 6) is 0.381. The second-order valence-corrected chi connectivity index (χ2v) is 7.71. The smallest absolute Gasteiger partial charge is 0.244 e. The number of nitrogens with zero attached hydrogens (tertiary/aromatic N) is 3. The predicted octanol–water partition coefficient (Wildman–Crippen LogP) is 2.74. The van der Waals surface area contributed by atoms with Gasteiger partial charge >= 0.3 is 0 Å². The van der Waals surface area contributed by atoms with Crippen LogP contribution < -0.4 is 16.0 Å². The van der Waals surface area contributed by atoms with Crippen LogP contribution in [-0.2, 0) is 10.2 Å². The van der Waals surface area contributed by atoms with Gasteiger partial charge in [-0.25, -0.2) is 0 Å². The molecule has 2 aromatic rings. The van der Waals surface area contributed by atoms with Gasteiger partial charge in [0.1, 0.15) is 0 Å². The second kappa shape index (κ2) is 10.9. The van der Waals surface area contributed by atoms with Crippen LogP contribution in [0.3, 0.4) is 0 Å². The molecule has 7 heteroatoms. The van der Waals surface area contributed by atoms with Crippen LogP contribution >= 0.6 is 0 Å². The van der Waals surface area contributed by atoms with Crippen LogP contribution in [0.4, 0.5) is 0 Å². The number of aliphatic imine (C=N–C) groups is 1. The van der Waals surface area contributed by atoms with E-state index in [1.54, 1.807) is 31.6 Å². The molecule has 0 spiro atoms. The number of pyridine rings is 1. The predicted molar refractivity (Wildman–Crippen MR) is 122 cm³/mol. The third-order valence-electron chi connectivity index (χ3n) is 5.78.